The number of amides is 1. The van der Waals surface area contributed by atoms with E-state index in [0.717, 1.165) is 22.0 Å². The van der Waals surface area contributed by atoms with Crippen molar-refractivity contribution in [2.24, 2.45) is 0 Å². The highest BCUT2D eigenvalue weighted by Crippen LogP contribution is 2.23. The molecule has 0 aliphatic heterocycles. The minimum Gasteiger partial charge on any atom is -0.306 e. The summed E-state index contributed by atoms with van der Waals surface area (Å²) >= 11 is 0. The molecular formula is C26H23N5O. The van der Waals surface area contributed by atoms with Gasteiger partial charge in [-0.1, -0.05) is 56.3 Å². The lowest BCUT2D eigenvalue weighted by atomic mass is 10.0. The molecule has 1 amide bonds. The first kappa shape index (κ1) is 21.0. The molecule has 4 aromatic rings. The Morgan fingerprint density at radius 2 is 1.91 bits per heavy atom. The van der Waals surface area contributed by atoms with Crippen LogP contribution in [0, 0.1) is 18.3 Å². The van der Waals surface area contributed by atoms with Crippen LogP contribution in [0.15, 0.2) is 66.9 Å². The zero-order valence-electron chi connectivity index (χ0n) is 18.2. The SMILES string of the molecule is Cc1cc(-n2ncc(C#N)c2NC(=O)/C=C/c2ccc(C(C)C)cc2)nc2ccccc12. The van der Waals surface area contributed by atoms with E-state index in [1.165, 1.54) is 22.5 Å². The van der Waals surface area contributed by atoms with Gasteiger partial charge in [-0.25, -0.2) is 4.98 Å². The van der Waals surface area contributed by atoms with Gasteiger partial charge in [-0.2, -0.15) is 15.0 Å². The fourth-order valence-corrected chi connectivity index (χ4v) is 3.49. The maximum atomic E-state index is 12.6. The van der Waals surface area contributed by atoms with Crippen molar-refractivity contribution in [1.82, 2.24) is 14.8 Å². The van der Waals surface area contributed by atoms with E-state index in [1.807, 2.05) is 49.4 Å². The van der Waals surface area contributed by atoms with Crippen molar-refractivity contribution in [2.75, 3.05) is 5.32 Å². The van der Waals surface area contributed by atoms with Crippen LogP contribution in [0.4, 0.5) is 5.82 Å². The first-order valence-electron chi connectivity index (χ1n) is 10.4. The van der Waals surface area contributed by atoms with Gasteiger partial charge in [-0.3, -0.25) is 4.79 Å². The highest BCUT2D eigenvalue weighted by molar-refractivity contribution is 6.02. The van der Waals surface area contributed by atoms with Gasteiger partial charge in [0.2, 0.25) is 5.91 Å². The van der Waals surface area contributed by atoms with Crippen molar-refractivity contribution in [1.29, 1.82) is 5.26 Å². The minimum atomic E-state index is -0.353. The lowest BCUT2D eigenvalue weighted by Gasteiger charge is -2.10. The van der Waals surface area contributed by atoms with Crippen LogP contribution < -0.4 is 5.32 Å². The molecule has 2 aromatic heterocycles. The van der Waals surface area contributed by atoms with Gasteiger partial charge in [0.05, 0.1) is 11.7 Å². The molecule has 4 rings (SSSR count). The second-order valence-corrected chi connectivity index (χ2v) is 7.89. The number of para-hydroxylation sites is 1. The molecule has 2 heterocycles. The highest BCUT2D eigenvalue weighted by Gasteiger charge is 2.16. The number of pyridine rings is 1. The van der Waals surface area contributed by atoms with Crippen LogP contribution in [0.2, 0.25) is 0 Å². The van der Waals surface area contributed by atoms with Gasteiger partial charge in [0.25, 0.3) is 0 Å². The van der Waals surface area contributed by atoms with Crippen LogP contribution in [0.25, 0.3) is 22.8 Å². The molecule has 0 aliphatic carbocycles. The molecule has 1 N–H and O–H groups in total. The second-order valence-electron chi connectivity index (χ2n) is 7.89. The predicted octanol–water partition coefficient (Wildman–Crippen LogP) is 5.38. The Morgan fingerprint density at radius 1 is 1.16 bits per heavy atom. The van der Waals surface area contributed by atoms with E-state index in [2.05, 4.69) is 47.4 Å². The summed E-state index contributed by atoms with van der Waals surface area (Å²) in [6, 6.07) is 19.8. The Morgan fingerprint density at radius 3 is 2.62 bits per heavy atom. The summed E-state index contributed by atoms with van der Waals surface area (Å²) in [7, 11) is 0. The maximum absolute atomic E-state index is 12.6. The van der Waals surface area contributed by atoms with Crippen LogP contribution in [0.5, 0.6) is 0 Å². The third kappa shape index (κ3) is 4.28. The largest absolute Gasteiger partial charge is 0.306 e. The topological polar surface area (TPSA) is 83.6 Å². The molecule has 0 fully saturated rings. The summed E-state index contributed by atoms with van der Waals surface area (Å²) < 4.78 is 1.49. The maximum Gasteiger partial charge on any atom is 0.249 e. The van der Waals surface area contributed by atoms with Crippen molar-refractivity contribution in [3.63, 3.8) is 0 Å². The molecule has 158 valence electrons. The molecular weight excluding hydrogens is 398 g/mol. The average molecular weight is 422 g/mol. The predicted molar refractivity (Wildman–Crippen MR) is 127 cm³/mol. The summed E-state index contributed by atoms with van der Waals surface area (Å²) in [6.07, 6.45) is 4.61. The van der Waals surface area contributed by atoms with Gasteiger partial charge in [0.1, 0.15) is 11.6 Å². The number of carbonyl (C=O) groups is 1. The molecule has 2 aromatic carbocycles. The van der Waals surface area contributed by atoms with Gasteiger partial charge in [0, 0.05) is 11.5 Å². The summed E-state index contributed by atoms with van der Waals surface area (Å²) in [5.41, 5.74) is 4.28. The van der Waals surface area contributed by atoms with Gasteiger partial charge in [-0.15, -0.1) is 0 Å². The number of nitrogens with zero attached hydrogens (tertiary/aromatic N) is 4. The van der Waals surface area contributed by atoms with Gasteiger partial charge >= 0.3 is 0 Å². The molecule has 0 spiro atoms. The Kier molecular flexibility index (Phi) is 5.82. The number of aromatic nitrogens is 3. The quantitative estimate of drug-likeness (QED) is 0.439. The number of carbonyl (C=O) groups excluding carboxylic acids is 1. The van der Waals surface area contributed by atoms with Crippen LogP contribution in [0.3, 0.4) is 0 Å². The number of aryl methyl sites for hydroxylation is 1. The van der Waals surface area contributed by atoms with E-state index in [0.29, 0.717) is 17.6 Å². The van der Waals surface area contributed by atoms with Gasteiger partial charge in [0.15, 0.2) is 11.6 Å². The molecule has 0 atom stereocenters. The van der Waals surface area contributed by atoms with Gasteiger partial charge in [-0.05, 0) is 47.7 Å². The number of rotatable bonds is 5. The molecule has 0 aliphatic rings. The number of nitrogens with one attached hydrogen (secondary N) is 1. The Bertz CT molecular complexity index is 1360. The fraction of sp³-hybridized carbons (Fsp3) is 0.154. The number of benzene rings is 2. The van der Waals surface area contributed by atoms with E-state index >= 15 is 0 Å². The number of nitriles is 1. The fourth-order valence-electron chi connectivity index (χ4n) is 3.49. The first-order chi connectivity index (χ1) is 15.5. The molecule has 6 nitrogen and oxygen atoms in total. The zero-order valence-corrected chi connectivity index (χ0v) is 18.2. The van der Waals surface area contributed by atoms with Crippen molar-refractivity contribution in [2.45, 2.75) is 26.7 Å². The highest BCUT2D eigenvalue weighted by atomic mass is 16.1. The van der Waals surface area contributed by atoms with Crippen LogP contribution >= 0.6 is 0 Å². The number of hydrogen-bond acceptors (Lipinski definition) is 4. The summed E-state index contributed by atoms with van der Waals surface area (Å²) in [6.45, 7) is 6.27. The third-order valence-electron chi connectivity index (χ3n) is 5.29. The van der Waals surface area contributed by atoms with E-state index in [-0.39, 0.29) is 11.5 Å². The van der Waals surface area contributed by atoms with Gasteiger partial charge < -0.3 is 5.32 Å². The summed E-state index contributed by atoms with van der Waals surface area (Å²) in [4.78, 5) is 17.3. The van der Waals surface area contributed by atoms with Crippen molar-refractivity contribution >= 4 is 28.7 Å². The molecule has 0 saturated carbocycles. The van der Waals surface area contributed by atoms with Crippen LogP contribution in [0.1, 0.15) is 42.0 Å². The second kappa shape index (κ2) is 8.86. The third-order valence-corrected chi connectivity index (χ3v) is 5.29. The lowest BCUT2D eigenvalue weighted by Crippen LogP contribution is -2.14. The van der Waals surface area contributed by atoms with Crippen LogP contribution in [-0.4, -0.2) is 20.7 Å². The molecule has 0 radical (unpaired) electrons. The molecule has 0 unspecified atom stereocenters. The molecule has 0 bridgehead atoms. The van der Waals surface area contributed by atoms with E-state index in [1.54, 1.807) is 6.08 Å². The summed E-state index contributed by atoms with van der Waals surface area (Å²) in [5.74, 6) is 0.924. The molecule has 6 heteroatoms. The van der Waals surface area contributed by atoms with Crippen LogP contribution in [-0.2, 0) is 4.79 Å². The first-order valence-corrected chi connectivity index (χ1v) is 10.4. The van der Waals surface area contributed by atoms with Crippen molar-refractivity contribution < 1.29 is 4.79 Å². The Labute approximate surface area is 186 Å². The number of fused-ring (bicyclic) bond motifs is 1. The Balaban J connectivity index is 1.61. The lowest BCUT2D eigenvalue weighted by molar-refractivity contribution is -0.111. The van der Waals surface area contributed by atoms with Crippen molar-refractivity contribution in [3.8, 4) is 11.9 Å². The summed E-state index contributed by atoms with van der Waals surface area (Å²) in [5, 5.41) is 17.6. The molecule has 32 heavy (non-hydrogen) atoms. The Hall–Kier alpha value is -4.24. The standard InChI is InChI=1S/C26H23N5O/c1-17(2)20-11-8-19(9-12-20)10-13-25(32)30-26-21(15-27)16-28-31(26)24-14-18(3)22-6-4-5-7-23(22)29-24/h4-14,16-17H,1-3H3,(H,30,32)/b13-10+. The van der Waals surface area contributed by atoms with E-state index < -0.39 is 0 Å². The smallest absolute Gasteiger partial charge is 0.249 e. The zero-order chi connectivity index (χ0) is 22.7. The average Bonchev–Trinajstić information content (AvgIpc) is 3.20. The number of hydrogen-bond donors (Lipinski definition) is 1. The molecule has 0 saturated heterocycles. The van der Waals surface area contributed by atoms with Crippen molar-refractivity contribution in [3.05, 3.63) is 89.1 Å². The monoisotopic (exact) mass is 421 g/mol. The van der Waals surface area contributed by atoms with E-state index in [4.69, 9.17) is 0 Å². The minimum absolute atomic E-state index is 0.264. The number of anilines is 1. The van der Waals surface area contributed by atoms with E-state index in [9.17, 15) is 10.1 Å². The normalized spacial score (nSPS) is 11.2.